The summed E-state index contributed by atoms with van der Waals surface area (Å²) in [6.45, 7) is 7.58. The van der Waals surface area contributed by atoms with Gasteiger partial charge in [-0.15, -0.1) is 0 Å². The number of carbonyl (C=O) groups is 1. The van der Waals surface area contributed by atoms with Crippen molar-refractivity contribution in [2.75, 3.05) is 11.9 Å². The maximum Gasteiger partial charge on any atom is 0.262 e. The zero-order valence-electron chi connectivity index (χ0n) is 18.1. The second-order valence-electron chi connectivity index (χ2n) is 8.68. The molecule has 1 aromatic heterocycles. The van der Waals surface area contributed by atoms with E-state index in [0.717, 1.165) is 6.04 Å². The quantitative estimate of drug-likeness (QED) is 0.244. The second-order valence-corrected chi connectivity index (χ2v) is 17.2. The first-order valence-corrected chi connectivity index (χ1v) is 16.4. The van der Waals surface area contributed by atoms with E-state index in [0.29, 0.717) is 28.1 Å². The number of carbonyl (C=O) groups excluding carboxylic acids is 1. The third-order valence-corrected chi connectivity index (χ3v) is 8.14. The summed E-state index contributed by atoms with van der Waals surface area (Å²) in [4.78, 5) is 12.4. The van der Waals surface area contributed by atoms with Crippen LogP contribution in [0, 0.1) is 0 Å². The fourth-order valence-electron chi connectivity index (χ4n) is 3.04. The third-order valence-electron chi connectivity index (χ3n) is 4.71. The topological polar surface area (TPSA) is 90.3 Å². The van der Waals surface area contributed by atoms with Crippen LogP contribution in [0.1, 0.15) is 5.56 Å². The number of nitrogens with one attached hydrogen (secondary N) is 1. The molecule has 0 saturated heterocycles. The Kier molecular flexibility index (Phi) is 7.67. The average molecular weight is 515 g/mol. The first kappa shape index (κ1) is 24.7. The molecule has 1 heterocycles. The van der Waals surface area contributed by atoms with E-state index in [4.69, 9.17) is 27.0 Å². The van der Waals surface area contributed by atoms with Gasteiger partial charge in [-0.1, -0.05) is 49.4 Å². The van der Waals surface area contributed by atoms with E-state index < -0.39 is 17.1 Å². The van der Waals surface area contributed by atoms with E-state index >= 15 is 0 Å². The fraction of sp³-hybridized carbons (Fsp3) is 0.333. The Hall–Kier alpha value is -1.91. The van der Waals surface area contributed by atoms with E-state index in [9.17, 15) is 13.2 Å². The third kappa shape index (κ3) is 6.79. The van der Waals surface area contributed by atoms with Crippen molar-refractivity contribution in [2.24, 2.45) is 0 Å². The Balaban J connectivity index is 1.81. The number of aromatic nitrogens is 2. The van der Waals surface area contributed by atoms with Gasteiger partial charge in [-0.05, 0) is 29.8 Å². The highest BCUT2D eigenvalue weighted by atomic mass is 35.7. The average Bonchev–Trinajstić information content (AvgIpc) is 3.07. The molecular weight excluding hydrogens is 489 g/mol. The van der Waals surface area contributed by atoms with Gasteiger partial charge in [-0.2, -0.15) is 5.10 Å². The van der Waals surface area contributed by atoms with E-state index in [1.165, 1.54) is 10.7 Å². The molecule has 0 spiro atoms. The first-order chi connectivity index (χ1) is 14.9. The molecule has 0 aliphatic carbocycles. The van der Waals surface area contributed by atoms with Crippen LogP contribution < -0.4 is 5.32 Å². The molecule has 32 heavy (non-hydrogen) atoms. The normalized spacial score (nSPS) is 12.3. The highest BCUT2D eigenvalue weighted by Crippen LogP contribution is 2.29. The number of hydrogen-bond acceptors (Lipinski definition) is 5. The summed E-state index contributed by atoms with van der Waals surface area (Å²) in [7, 11) is 0.372. The summed E-state index contributed by atoms with van der Waals surface area (Å²) < 4.78 is 31.6. The highest BCUT2D eigenvalue weighted by Gasteiger charge is 2.20. The largest absolute Gasteiger partial charge is 0.360 e. The Morgan fingerprint density at radius 2 is 1.94 bits per heavy atom. The lowest BCUT2D eigenvalue weighted by molar-refractivity contribution is -0.115. The number of amides is 1. The van der Waals surface area contributed by atoms with Crippen molar-refractivity contribution >= 4 is 61.9 Å². The monoisotopic (exact) mass is 513 g/mol. The summed E-state index contributed by atoms with van der Waals surface area (Å²) in [5.74, 6) is -0.343. The molecule has 0 fully saturated rings. The van der Waals surface area contributed by atoms with Gasteiger partial charge in [0.15, 0.2) is 0 Å². The van der Waals surface area contributed by atoms with Gasteiger partial charge in [0, 0.05) is 47.7 Å². The molecule has 0 aliphatic rings. The molecule has 0 saturated carbocycles. The number of hydrogen-bond donors (Lipinski definition) is 1. The number of benzene rings is 2. The molecule has 3 aromatic rings. The Bertz CT molecular complexity index is 1240. The molecule has 172 valence electrons. The summed E-state index contributed by atoms with van der Waals surface area (Å²) in [6.07, 6.45) is 1.62. The van der Waals surface area contributed by atoms with Crippen LogP contribution in [0.5, 0.6) is 0 Å². The summed E-state index contributed by atoms with van der Waals surface area (Å²) >= 11 is 6.12. The van der Waals surface area contributed by atoms with E-state index in [1.807, 2.05) is 0 Å². The molecule has 1 N–H and O–H groups in total. The predicted octanol–water partition coefficient (Wildman–Crippen LogP) is 5.11. The van der Waals surface area contributed by atoms with Crippen LogP contribution in [0.4, 0.5) is 5.69 Å². The maximum atomic E-state index is 12.5. The minimum Gasteiger partial charge on any atom is -0.360 e. The van der Waals surface area contributed by atoms with Crippen molar-refractivity contribution in [3.8, 4) is 0 Å². The van der Waals surface area contributed by atoms with Crippen LogP contribution in [0.15, 0.2) is 47.5 Å². The molecule has 0 bridgehead atoms. The molecule has 0 radical (unpaired) electrons. The lowest BCUT2D eigenvalue weighted by atomic mass is 10.1. The number of nitrogens with zero attached hydrogens (tertiary/aromatic N) is 2. The molecule has 11 heteroatoms. The van der Waals surface area contributed by atoms with Gasteiger partial charge in [0.25, 0.3) is 9.05 Å². The minimum atomic E-state index is -4.07. The SMILES string of the molecule is C[Si](C)(C)CCOCn1cc2c(S(=O)(=O)Cl)cc(NC(=O)Cc3ccccc3Cl)cc2n1. The molecule has 0 unspecified atom stereocenters. The number of rotatable bonds is 9. The van der Waals surface area contributed by atoms with Crippen molar-refractivity contribution in [1.82, 2.24) is 9.78 Å². The van der Waals surface area contributed by atoms with Gasteiger partial charge in [0.2, 0.25) is 5.91 Å². The van der Waals surface area contributed by atoms with Crippen LogP contribution in [0.25, 0.3) is 10.9 Å². The van der Waals surface area contributed by atoms with Crippen molar-refractivity contribution in [2.45, 2.75) is 43.7 Å². The van der Waals surface area contributed by atoms with Crippen LogP contribution in [-0.4, -0.2) is 38.8 Å². The second kappa shape index (κ2) is 9.92. The molecule has 7 nitrogen and oxygen atoms in total. The smallest absolute Gasteiger partial charge is 0.262 e. The number of ether oxygens (including phenoxy) is 1. The lowest BCUT2D eigenvalue weighted by Crippen LogP contribution is -2.22. The van der Waals surface area contributed by atoms with E-state index in [1.54, 1.807) is 36.5 Å². The Morgan fingerprint density at radius 3 is 2.59 bits per heavy atom. The number of fused-ring (bicyclic) bond motifs is 1. The first-order valence-electron chi connectivity index (χ1n) is 9.99. The van der Waals surface area contributed by atoms with Crippen molar-refractivity contribution in [3.05, 3.63) is 53.2 Å². The zero-order chi connectivity index (χ0) is 23.5. The lowest BCUT2D eigenvalue weighted by Gasteiger charge is -2.15. The minimum absolute atomic E-state index is 0.0417. The van der Waals surface area contributed by atoms with Crippen LogP contribution in [0.3, 0.4) is 0 Å². The number of anilines is 1. The van der Waals surface area contributed by atoms with Crippen molar-refractivity contribution in [1.29, 1.82) is 0 Å². The Labute approximate surface area is 198 Å². The van der Waals surface area contributed by atoms with Gasteiger partial charge >= 0.3 is 0 Å². The van der Waals surface area contributed by atoms with E-state index in [-0.39, 0.29) is 29.6 Å². The summed E-state index contributed by atoms with van der Waals surface area (Å²) in [5.41, 5.74) is 1.32. The van der Waals surface area contributed by atoms with Gasteiger partial charge in [-0.3, -0.25) is 4.79 Å². The molecule has 1 amide bonds. The van der Waals surface area contributed by atoms with Crippen LogP contribution in [0.2, 0.25) is 30.7 Å². The molecule has 0 atom stereocenters. The van der Waals surface area contributed by atoms with Gasteiger partial charge in [0.1, 0.15) is 6.73 Å². The standard InChI is InChI=1S/C21H25Cl2N3O4SSi/c1-32(2,3)9-8-30-14-26-13-17-19(25-26)11-16(12-20(17)31(23,28)29)24-21(27)10-15-6-4-5-7-18(15)22/h4-7,11-13H,8-10,14H2,1-3H3,(H,24,27). The van der Waals surface area contributed by atoms with Gasteiger partial charge in [-0.25, -0.2) is 13.1 Å². The van der Waals surface area contributed by atoms with Gasteiger partial charge in [0.05, 0.1) is 16.8 Å². The zero-order valence-corrected chi connectivity index (χ0v) is 21.4. The molecule has 0 aliphatic heterocycles. The molecule has 2 aromatic carbocycles. The van der Waals surface area contributed by atoms with E-state index in [2.05, 4.69) is 30.1 Å². The van der Waals surface area contributed by atoms with Crippen molar-refractivity contribution in [3.63, 3.8) is 0 Å². The Morgan fingerprint density at radius 1 is 1.22 bits per heavy atom. The van der Waals surface area contributed by atoms with Gasteiger partial charge < -0.3 is 10.1 Å². The predicted molar refractivity (Wildman–Crippen MR) is 131 cm³/mol. The van der Waals surface area contributed by atoms with Crippen molar-refractivity contribution < 1.29 is 17.9 Å². The number of halogens is 2. The highest BCUT2D eigenvalue weighted by molar-refractivity contribution is 8.14. The fourth-order valence-corrected chi connectivity index (χ4v) is 5.07. The maximum absolute atomic E-state index is 12.5. The molecule has 3 rings (SSSR count). The summed E-state index contributed by atoms with van der Waals surface area (Å²) in [6, 6.07) is 11.0. The molecular formula is C21H25Cl2N3O4SSi. The summed E-state index contributed by atoms with van der Waals surface area (Å²) in [5, 5.41) is 7.94. The van der Waals surface area contributed by atoms with Crippen LogP contribution >= 0.6 is 22.3 Å². The van der Waals surface area contributed by atoms with Crippen LogP contribution in [-0.2, 0) is 31.7 Å².